The summed E-state index contributed by atoms with van der Waals surface area (Å²) in [7, 11) is -31.0. The van der Waals surface area contributed by atoms with Crippen LogP contribution in [0.5, 0.6) is 0 Å². The van der Waals surface area contributed by atoms with Crippen molar-refractivity contribution >= 4 is 173 Å². The molecule has 0 amide bonds. The van der Waals surface area contributed by atoms with E-state index in [1.165, 1.54) is 0 Å². The van der Waals surface area contributed by atoms with Gasteiger partial charge in [-0.2, -0.15) is 0 Å². The predicted octanol–water partition coefficient (Wildman–Crippen LogP) is -16.4. The summed E-state index contributed by atoms with van der Waals surface area (Å²) in [5, 5.41) is 112. The van der Waals surface area contributed by atoms with Gasteiger partial charge in [-0.1, -0.05) is 0 Å². The Morgan fingerprint density at radius 1 is 0.536 bits per heavy atom. The minimum atomic E-state index is -5.17. The first kappa shape index (κ1) is 89.6. The molecule has 2 fully saturated rings. The molecule has 0 aliphatic carbocycles. The third-order valence-corrected chi connectivity index (χ3v) is 5.55. The van der Waals surface area contributed by atoms with Gasteiger partial charge >= 0.3 is 111 Å². The SMILES string of the molecule is O=C1O[C@H]([C@@H](O)CO)C(O)=C1O.O=S(=O)([O-])[O-].O=S(=O)([O-])[O-].O=S(=O)([O-])[O-].O=S(=O)([O-])[O-].O=S(=O)([O-])[O-].O=S(=O)([O-])[O-].OC[C@H]1O[C@@](CO)(O[C@H]2O[C@H](CO)[C@@H](O)[C@H](O)[C@H]2O)[C@@H](O)[C@@H]1O.[Bi+3].[Bi+3].[Bi+3].[Bi+3]. The number of hydrogen-bond donors (Lipinski definition) is 12. The van der Waals surface area contributed by atoms with Crippen molar-refractivity contribution in [2.75, 3.05) is 26.4 Å². The Morgan fingerprint density at radius 3 is 1.06 bits per heavy atom. The van der Waals surface area contributed by atoms with Crippen molar-refractivity contribution in [2.24, 2.45) is 0 Å². The molecule has 2 saturated heterocycles. The second kappa shape index (κ2) is 39.4. The number of carbonyl (C=O) groups excluding carboxylic acids is 1. The van der Waals surface area contributed by atoms with Gasteiger partial charge in [0.25, 0.3) is 0 Å². The Morgan fingerprint density at radius 2 is 0.841 bits per heavy atom. The van der Waals surface area contributed by atoms with E-state index in [0.29, 0.717) is 0 Å². The van der Waals surface area contributed by atoms with Gasteiger partial charge in [-0.25, -0.2) is 4.79 Å². The Hall–Kier alpha value is 1.04. The Bertz CT molecular complexity index is 1840. The fraction of sp³-hybridized carbons (Fsp3) is 0.833. The number of hydrogen-bond acceptors (Lipinski definition) is 41. The first-order valence-electron chi connectivity index (χ1n) is 14.2. The van der Waals surface area contributed by atoms with Crippen LogP contribution in [0.4, 0.5) is 0 Å². The van der Waals surface area contributed by atoms with Gasteiger partial charge in [-0.15, -0.1) is 0 Å². The Balaban J connectivity index is -0.0000000949. The zero-order valence-corrected chi connectivity index (χ0v) is 50.9. The zero-order valence-electron chi connectivity index (χ0n) is 32.0. The van der Waals surface area contributed by atoms with Gasteiger partial charge in [-0.05, 0) is 0 Å². The molecule has 0 aromatic rings. The van der Waals surface area contributed by atoms with E-state index in [9.17, 15) is 35.4 Å². The second-order valence-electron chi connectivity index (χ2n) is 10.3. The Kier molecular flexibility index (Phi) is 51.2. The van der Waals surface area contributed by atoms with Crippen molar-refractivity contribution in [1.82, 2.24) is 0 Å². The molecule has 51 heteroatoms. The number of aliphatic hydroxyl groups excluding tert-OH is 12. The van der Waals surface area contributed by atoms with Gasteiger partial charge in [0.1, 0.15) is 55.4 Å². The van der Waals surface area contributed by atoms with Gasteiger partial charge in [0, 0.05) is 62.4 Å². The molecule has 3 heterocycles. The van der Waals surface area contributed by atoms with E-state index >= 15 is 0 Å². The fourth-order valence-electron chi connectivity index (χ4n) is 3.45. The maximum absolute atomic E-state index is 10.5. The van der Waals surface area contributed by atoms with Gasteiger partial charge in [0.05, 0.1) is 19.8 Å². The van der Waals surface area contributed by atoms with Crippen molar-refractivity contribution in [2.45, 2.75) is 67.0 Å². The van der Waals surface area contributed by atoms with Crippen LogP contribution in [0.25, 0.3) is 0 Å². The van der Waals surface area contributed by atoms with E-state index in [4.69, 9.17) is 150 Å². The zero-order chi connectivity index (χ0) is 53.7. The van der Waals surface area contributed by atoms with Gasteiger partial charge in [0.15, 0.2) is 18.2 Å². The maximum atomic E-state index is 10.5. The van der Waals surface area contributed by atoms with Crippen molar-refractivity contribution in [3.63, 3.8) is 0 Å². The summed E-state index contributed by atoms with van der Waals surface area (Å²) < 4.78 is 224. The number of esters is 1. The van der Waals surface area contributed by atoms with Crippen LogP contribution in [-0.2, 0) is 86.1 Å². The maximum Gasteiger partial charge on any atom is 3.00 e. The summed E-state index contributed by atoms with van der Waals surface area (Å²) in [5.41, 5.74) is 0. The molecule has 41 nitrogen and oxygen atoms in total. The molecule has 0 saturated carbocycles. The molecule has 3 aliphatic rings. The number of rotatable bonds is 7. The van der Waals surface area contributed by atoms with Crippen molar-refractivity contribution < 1.29 is 190 Å². The van der Waals surface area contributed by atoms with Crippen LogP contribution in [0.3, 0.4) is 0 Å². The van der Waals surface area contributed by atoms with Crippen LogP contribution in [-0.4, -0.2) is 371 Å². The molecule has 8 radical (unpaired) electrons. The fourth-order valence-corrected chi connectivity index (χ4v) is 3.45. The Labute approximate surface area is 463 Å². The third kappa shape index (κ3) is 56.6. The summed E-state index contributed by atoms with van der Waals surface area (Å²) >= 11 is 0. The molecule has 0 aromatic heterocycles. The monoisotopic (exact) mass is 1930 g/mol. The molecule has 0 spiro atoms. The molecule has 0 bridgehead atoms. The minimum Gasteiger partial charge on any atom is -0.759 e. The smallest absolute Gasteiger partial charge is 0.759 e. The van der Waals surface area contributed by atoms with E-state index in [-0.39, 0.29) is 105 Å². The minimum absolute atomic E-state index is 0. The van der Waals surface area contributed by atoms with E-state index in [2.05, 4.69) is 4.74 Å². The molecule has 404 valence electrons. The van der Waals surface area contributed by atoms with Crippen LogP contribution >= 0.6 is 0 Å². The molecule has 11 atom stereocenters. The first-order valence-corrected chi connectivity index (χ1v) is 22.2. The van der Waals surface area contributed by atoms with E-state index < -0.39 is 173 Å². The van der Waals surface area contributed by atoms with Crippen molar-refractivity contribution in [3.8, 4) is 0 Å². The van der Waals surface area contributed by atoms with Crippen molar-refractivity contribution in [1.29, 1.82) is 0 Å². The molecular formula is C18H30Bi4O41S6. The van der Waals surface area contributed by atoms with Crippen LogP contribution in [0.15, 0.2) is 11.5 Å². The summed E-state index contributed by atoms with van der Waals surface area (Å²) in [4.78, 5) is 10.5. The second-order valence-corrected chi connectivity index (χ2v) is 15.2. The van der Waals surface area contributed by atoms with E-state index in [0.717, 1.165) is 0 Å². The first-order chi connectivity index (χ1) is 28.4. The summed E-state index contributed by atoms with van der Waals surface area (Å²) in [6.07, 6.45) is -15.4. The number of cyclic esters (lactones) is 1. The molecule has 69 heavy (non-hydrogen) atoms. The normalized spacial score (nSPS) is 26.6. The molecule has 0 aromatic carbocycles. The quantitative estimate of drug-likeness (QED) is 0.0487. The molecular weight excluding hydrogens is 1900 g/mol. The molecule has 12 N–H and O–H groups in total. The molecule has 3 rings (SSSR count). The molecule has 3 aliphatic heterocycles. The van der Waals surface area contributed by atoms with Gasteiger partial charge < -0.3 is 135 Å². The van der Waals surface area contributed by atoms with Crippen LogP contribution in [0, 0.1) is 0 Å². The standard InChI is InChI=1S/C12H22O11.C6H8O6.4Bi.6H2O4S/c13-1-4-6(16)8(18)9(19)11(21-4)23-12(3-15)10(20)7(17)5(2-14)22-12;7-1-2(8)5-3(9)4(10)6(11)12-5;;;;;6*1-5(2,3)4/h4-11,13-20H,1-3H2;2,5,7-10H,1H2;;;;;6*(H2,1,2,3,4)/q;;4*+3;;;;;;/p-12/t4-,5-,6-,7-,8+,9-,10+,11-,12+;2-,5+;;;;;;;;;;/m10........../s1. The van der Waals surface area contributed by atoms with Gasteiger partial charge in [-0.3, -0.25) is 50.5 Å². The summed E-state index contributed by atoms with van der Waals surface area (Å²) in [6, 6.07) is 0. The van der Waals surface area contributed by atoms with Crippen LogP contribution in [0.1, 0.15) is 0 Å². The summed E-state index contributed by atoms with van der Waals surface area (Å²) in [6.45, 7) is -2.99. The number of aliphatic hydroxyl groups is 12. The average molecular weight is 1930 g/mol. The summed E-state index contributed by atoms with van der Waals surface area (Å²) in [5.74, 6) is -5.00. The van der Waals surface area contributed by atoms with Gasteiger partial charge in [0.2, 0.25) is 11.5 Å². The number of carbonyl (C=O) groups is 1. The third-order valence-electron chi connectivity index (χ3n) is 5.55. The van der Waals surface area contributed by atoms with Crippen molar-refractivity contribution in [3.05, 3.63) is 11.5 Å². The van der Waals surface area contributed by atoms with Crippen LogP contribution in [0.2, 0.25) is 0 Å². The topological polar surface area (TPSA) is 778 Å². The average Bonchev–Trinajstić information content (AvgIpc) is 3.46. The largest absolute Gasteiger partial charge is 3.00 e. The predicted molar refractivity (Wildman–Crippen MR) is 190 cm³/mol. The van der Waals surface area contributed by atoms with E-state index in [1.807, 2.05) is 0 Å². The molecule has 0 unspecified atom stereocenters. The van der Waals surface area contributed by atoms with E-state index in [1.54, 1.807) is 0 Å². The number of ether oxygens (including phenoxy) is 4. The van der Waals surface area contributed by atoms with Crippen LogP contribution < -0.4 is 0 Å².